The minimum Gasteiger partial charge on any atom is -0.352 e. The lowest BCUT2D eigenvalue weighted by molar-refractivity contribution is -0.112. The Hall–Kier alpha value is -2.64. The summed E-state index contributed by atoms with van der Waals surface area (Å²) in [5.41, 5.74) is 1.48. The van der Waals surface area contributed by atoms with Crippen molar-refractivity contribution in [2.45, 2.75) is 37.0 Å². The maximum absolute atomic E-state index is 13.9. The highest BCUT2D eigenvalue weighted by Gasteiger charge is 2.22. The van der Waals surface area contributed by atoms with Crippen molar-refractivity contribution in [3.8, 4) is 0 Å². The predicted molar refractivity (Wildman–Crippen MR) is 127 cm³/mol. The van der Waals surface area contributed by atoms with Gasteiger partial charge in [0, 0.05) is 22.6 Å². The Morgan fingerprint density at radius 3 is 2.69 bits per heavy atom. The van der Waals surface area contributed by atoms with Gasteiger partial charge < -0.3 is 15.5 Å². The summed E-state index contributed by atoms with van der Waals surface area (Å²) in [5, 5.41) is 5.81. The van der Waals surface area contributed by atoms with Crippen LogP contribution in [0.15, 0.2) is 52.3 Å². The van der Waals surface area contributed by atoms with Crippen LogP contribution in [0.2, 0.25) is 0 Å². The van der Waals surface area contributed by atoms with Gasteiger partial charge in [0.15, 0.2) is 0 Å². The fraction of sp³-hybridized carbons (Fsp3) is 0.360. The fourth-order valence-corrected chi connectivity index (χ4v) is 4.92. The summed E-state index contributed by atoms with van der Waals surface area (Å²) in [7, 11) is 0. The highest BCUT2D eigenvalue weighted by Crippen LogP contribution is 2.39. The average molecular weight is 454 g/mol. The van der Waals surface area contributed by atoms with Crippen LogP contribution in [-0.2, 0) is 4.79 Å². The summed E-state index contributed by atoms with van der Waals surface area (Å²) in [6.45, 7) is 3.95. The molecule has 0 unspecified atom stereocenters. The first-order chi connectivity index (χ1) is 15.6. The number of benzene rings is 2. The van der Waals surface area contributed by atoms with Crippen LogP contribution in [0, 0.1) is 5.82 Å². The number of hydrogen-bond acceptors (Lipinski definition) is 4. The number of likely N-dealkylation sites (tertiary alicyclic amines) is 1. The molecule has 2 aliphatic rings. The lowest BCUT2D eigenvalue weighted by Crippen LogP contribution is -2.30. The van der Waals surface area contributed by atoms with Gasteiger partial charge in [-0.05, 0) is 69.2 Å². The average Bonchev–Trinajstić information content (AvgIpc) is 3.07. The molecule has 1 fully saturated rings. The summed E-state index contributed by atoms with van der Waals surface area (Å²) >= 11 is 1.27. The van der Waals surface area contributed by atoms with Crippen LogP contribution in [0.3, 0.4) is 0 Å². The Morgan fingerprint density at radius 1 is 1.12 bits per heavy atom. The third-order valence-corrected chi connectivity index (χ3v) is 6.86. The van der Waals surface area contributed by atoms with Crippen molar-refractivity contribution in [1.29, 1.82) is 0 Å². The molecule has 2 N–H and O–H groups in total. The zero-order valence-corrected chi connectivity index (χ0v) is 18.8. The number of fused-ring (bicyclic) bond motifs is 1. The number of amides is 2. The van der Waals surface area contributed by atoms with Gasteiger partial charge in [-0.1, -0.05) is 42.8 Å². The Kier molecular flexibility index (Phi) is 7.60. The highest BCUT2D eigenvalue weighted by molar-refractivity contribution is 8.04. The topological polar surface area (TPSA) is 61.4 Å². The quantitative estimate of drug-likeness (QED) is 0.482. The van der Waals surface area contributed by atoms with Gasteiger partial charge in [-0.3, -0.25) is 9.59 Å². The number of halogens is 1. The first-order valence-electron chi connectivity index (χ1n) is 11.2. The smallest absolute Gasteiger partial charge is 0.262 e. The molecule has 2 aromatic carbocycles. The van der Waals surface area contributed by atoms with Crippen LogP contribution in [0.5, 0.6) is 0 Å². The summed E-state index contributed by atoms with van der Waals surface area (Å²) in [4.78, 5) is 28.8. The Bertz CT molecular complexity index is 1020. The Morgan fingerprint density at radius 2 is 1.91 bits per heavy atom. The van der Waals surface area contributed by atoms with Gasteiger partial charge in [0.05, 0.1) is 10.6 Å². The number of anilines is 1. The normalized spacial score (nSPS) is 18.0. The van der Waals surface area contributed by atoms with Crippen LogP contribution >= 0.6 is 11.8 Å². The van der Waals surface area contributed by atoms with Gasteiger partial charge in [0.25, 0.3) is 11.8 Å². The van der Waals surface area contributed by atoms with Crippen molar-refractivity contribution < 1.29 is 14.0 Å². The van der Waals surface area contributed by atoms with Crippen molar-refractivity contribution in [1.82, 2.24) is 10.2 Å². The molecule has 7 heteroatoms. The van der Waals surface area contributed by atoms with E-state index in [2.05, 4.69) is 15.5 Å². The van der Waals surface area contributed by atoms with Crippen molar-refractivity contribution in [2.75, 3.05) is 31.5 Å². The predicted octanol–water partition coefficient (Wildman–Crippen LogP) is 4.91. The molecule has 0 radical (unpaired) electrons. The van der Waals surface area contributed by atoms with Crippen molar-refractivity contribution >= 4 is 35.3 Å². The lowest BCUT2D eigenvalue weighted by atomic mass is 10.1. The van der Waals surface area contributed by atoms with E-state index in [1.165, 1.54) is 43.5 Å². The number of nitrogens with zero attached hydrogens (tertiary/aromatic N) is 1. The first-order valence-corrected chi connectivity index (χ1v) is 12.0. The SMILES string of the molecule is O=C1Nc2cc(C(=O)NCCCN3CCCCCC3)ccc2S/C1=C/c1ccccc1F. The second kappa shape index (κ2) is 10.8. The van der Waals surface area contributed by atoms with E-state index in [0.29, 0.717) is 28.3 Å². The van der Waals surface area contributed by atoms with Crippen molar-refractivity contribution in [3.05, 3.63) is 64.3 Å². The van der Waals surface area contributed by atoms with Crippen LogP contribution in [0.25, 0.3) is 6.08 Å². The molecule has 1 saturated heterocycles. The molecule has 0 saturated carbocycles. The molecule has 168 valence electrons. The lowest BCUT2D eigenvalue weighted by Gasteiger charge is -2.20. The molecule has 2 amide bonds. The molecule has 32 heavy (non-hydrogen) atoms. The second-order valence-corrected chi connectivity index (χ2v) is 9.25. The van der Waals surface area contributed by atoms with Gasteiger partial charge in [-0.15, -0.1) is 0 Å². The molecule has 0 spiro atoms. The first kappa shape index (κ1) is 22.6. The fourth-order valence-electron chi connectivity index (χ4n) is 4.00. The minimum atomic E-state index is -0.373. The van der Waals surface area contributed by atoms with E-state index in [0.717, 1.165) is 31.0 Å². The third kappa shape index (κ3) is 5.78. The van der Waals surface area contributed by atoms with Gasteiger partial charge in [-0.25, -0.2) is 4.39 Å². The molecule has 5 nitrogen and oxygen atoms in total. The number of nitrogens with one attached hydrogen (secondary N) is 2. The molecule has 4 rings (SSSR count). The van der Waals surface area contributed by atoms with Crippen LogP contribution < -0.4 is 10.6 Å². The number of thioether (sulfide) groups is 1. The maximum Gasteiger partial charge on any atom is 0.262 e. The molecule has 0 bridgehead atoms. The molecule has 2 aromatic rings. The maximum atomic E-state index is 13.9. The molecule has 0 aromatic heterocycles. The van der Waals surface area contributed by atoms with Crippen LogP contribution in [0.4, 0.5) is 10.1 Å². The van der Waals surface area contributed by atoms with Crippen molar-refractivity contribution in [3.63, 3.8) is 0 Å². The van der Waals surface area contributed by atoms with Crippen LogP contribution in [0.1, 0.15) is 48.0 Å². The monoisotopic (exact) mass is 453 g/mol. The van der Waals surface area contributed by atoms with E-state index in [9.17, 15) is 14.0 Å². The van der Waals surface area contributed by atoms with Gasteiger partial charge >= 0.3 is 0 Å². The molecular weight excluding hydrogens is 425 g/mol. The van der Waals surface area contributed by atoms with Gasteiger partial charge in [0.1, 0.15) is 5.82 Å². The largest absolute Gasteiger partial charge is 0.352 e. The summed E-state index contributed by atoms with van der Waals surface area (Å²) in [6, 6.07) is 11.6. The molecule has 0 aliphatic carbocycles. The Balaban J connectivity index is 1.34. The van der Waals surface area contributed by atoms with Gasteiger partial charge in [0.2, 0.25) is 0 Å². The molecule has 2 heterocycles. The molecular formula is C25H28FN3O2S. The van der Waals surface area contributed by atoms with E-state index in [1.54, 1.807) is 36.4 Å². The van der Waals surface area contributed by atoms with E-state index in [-0.39, 0.29) is 17.6 Å². The second-order valence-electron chi connectivity index (χ2n) is 8.16. The zero-order valence-electron chi connectivity index (χ0n) is 18.0. The van der Waals surface area contributed by atoms with Gasteiger partial charge in [-0.2, -0.15) is 0 Å². The van der Waals surface area contributed by atoms with Crippen LogP contribution in [-0.4, -0.2) is 42.9 Å². The standard InChI is InChI=1S/C25H28FN3O2S/c26-20-9-4-3-8-18(20)17-23-25(31)28-21-16-19(10-11-22(21)32-23)24(30)27-12-7-15-29-13-5-1-2-6-14-29/h3-4,8-11,16-17H,1-2,5-7,12-15H2,(H,27,30)(H,28,31)/b23-17+. The minimum absolute atomic E-state index is 0.143. The number of rotatable bonds is 6. The number of hydrogen-bond donors (Lipinski definition) is 2. The molecule has 2 aliphatic heterocycles. The summed E-state index contributed by atoms with van der Waals surface area (Å²) in [5.74, 6) is -0.821. The molecule has 0 atom stereocenters. The summed E-state index contributed by atoms with van der Waals surface area (Å²) in [6.07, 6.45) is 7.64. The van der Waals surface area contributed by atoms with E-state index in [1.807, 2.05) is 6.07 Å². The number of carbonyl (C=O) groups excluding carboxylic acids is 2. The zero-order chi connectivity index (χ0) is 22.3. The Labute approximate surface area is 192 Å². The van der Waals surface area contributed by atoms with Crippen molar-refractivity contribution in [2.24, 2.45) is 0 Å². The van der Waals surface area contributed by atoms with E-state index in [4.69, 9.17) is 0 Å². The van der Waals surface area contributed by atoms with E-state index < -0.39 is 0 Å². The third-order valence-electron chi connectivity index (χ3n) is 5.76. The highest BCUT2D eigenvalue weighted by atomic mass is 32.2. The number of carbonyl (C=O) groups is 2. The van der Waals surface area contributed by atoms with E-state index >= 15 is 0 Å². The summed E-state index contributed by atoms with van der Waals surface area (Å²) < 4.78 is 13.9.